The largest absolute Gasteiger partial charge is 0.394 e. The lowest BCUT2D eigenvalue weighted by Crippen LogP contribution is -2.48. The van der Waals surface area contributed by atoms with E-state index in [4.69, 9.17) is 10.2 Å². The number of hydrogen-bond donors (Lipinski definition) is 5. The number of aliphatic hydroxyl groups excluding tert-OH is 5. The Hall–Kier alpha value is -0.530. The average molecular weight is 292 g/mol. The molecule has 5 N–H and O–H groups in total. The first-order chi connectivity index (χ1) is 9.45. The fourth-order valence-electron chi connectivity index (χ4n) is 1.94. The molecule has 0 saturated carbocycles. The molecule has 0 radical (unpaired) electrons. The third-order valence-electron chi connectivity index (χ3n) is 3.36. The molecular formula is C14H28O6. The van der Waals surface area contributed by atoms with Crippen molar-refractivity contribution in [1.82, 2.24) is 0 Å². The second-order valence-corrected chi connectivity index (χ2v) is 5.16. The summed E-state index contributed by atoms with van der Waals surface area (Å²) in [5, 5.41) is 46.3. The number of carbonyl (C=O) groups is 1. The van der Waals surface area contributed by atoms with Gasteiger partial charge in [0.15, 0.2) is 5.78 Å². The Morgan fingerprint density at radius 2 is 1.45 bits per heavy atom. The van der Waals surface area contributed by atoms with Crippen molar-refractivity contribution < 1.29 is 30.3 Å². The van der Waals surface area contributed by atoms with Crippen LogP contribution in [0.15, 0.2) is 0 Å². The molecule has 20 heavy (non-hydrogen) atoms. The van der Waals surface area contributed by atoms with Crippen LogP contribution in [0.5, 0.6) is 0 Å². The van der Waals surface area contributed by atoms with Gasteiger partial charge in [0, 0.05) is 6.42 Å². The minimum atomic E-state index is -1.79. The standard InChI is InChI=1S/C14H28O6/c1-2-3-4-5-6-7-8-10(16)12(18)14(20)13(19)11(17)9-15/h11-15,17-20H,2-9H2,1H3/t11-,12+,13-,14-/m1/s1. The van der Waals surface area contributed by atoms with Gasteiger partial charge in [0.2, 0.25) is 0 Å². The maximum absolute atomic E-state index is 11.6. The van der Waals surface area contributed by atoms with E-state index in [2.05, 4.69) is 6.92 Å². The first kappa shape index (κ1) is 19.5. The molecule has 0 heterocycles. The zero-order valence-corrected chi connectivity index (χ0v) is 12.1. The number of rotatable bonds is 12. The number of aliphatic hydroxyl groups is 5. The van der Waals surface area contributed by atoms with Crippen molar-refractivity contribution in [2.75, 3.05) is 6.61 Å². The summed E-state index contributed by atoms with van der Waals surface area (Å²) in [5.74, 6) is -0.558. The Bertz CT molecular complexity index is 258. The second kappa shape index (κ2) is 11.2. The minimum Gasteiger partial charge on any atom is -0.394 e. The Morgan fingerprint density at radius 1 is 0.900 bits per heavy atom. The van der Waals surface area contributed by atoms with Gasteiger partial charge in [-0.05, 0) is 6.42 Å². The molecule has 0 aromatic rings. The van der Waals surface area contributed by atoms with Gasteiger partial charge in [-0.3, -0.25) is 4.79 Å². The van der Waals surface area contributed by atoms with Crippen LogP contribution in [-0.2, 0) is 4.79 Å². The molecule has 0 saturated heterocycles. The average Bonchev–Trinajstić information content (AvgIpc) is 2.47. The Kier molecular flexibility index (Phi) is 10.9. The molecule has 0 aromatic carbocycles. The van der Waals surface area contributed by atoms with Crippen molar-refractivity contribution in [3.63, 3.8) is 0 Å². The highest BCUT2D eigenvalue weighted by atomic mass is 16.4. The van der Waals surface area contributed by atoms with Gasteiger partial charge in [0.25, 0.3) is 0 Å². The van der Waals surface area contributed by atoms with Crippen LogP contribution in [0.25, 0.3) is 0 Å². The smallest absolute Gasteiger partial charge is 0.164 e. The normalized spacial score (nSPS) is 17.5. The maximum Gasteiger partial charge on any atom is 0.164 e. The van der Waals surface area contributed by atoms with E-state index < -0.39 is 36.8 Å². The summed E-state index contributed by atoms with van der Waals surface area (Å²) in [4.78, 5) is 11.6. The SMILES string of the molecule is CCCCCCCCC(=O)[C@H](O)[C@@H](O)[C@H](O)[C@H](O)CO. The topological polar surface area (TPSA) is 118 Å². The molecule has 0 bridgehead atoms. The summed E-state index contributed by atoms with van der Waals surface area (Å²) in [7, 11) is 0. The zero-order valence-electron chi connectivity index (χ0n) is 12.1. The van der Waals surface area contributed by atoms with Crippen molar-refractivity contribution in [2.24, 2.45) is 0 Å². The molecule has 0 fully saturated rings. The van der Waals surface area contributed by atoms with E-state index in [-0.39, 0.29) is 6.42 Å². The predicted octanol–water partition coefficient (Wildman–Crippen LogP) is -0.258. The van der Waals surface area contributed by atoms with E-state index in [0.29, 0.717) is 6.42 Å². The number of unbranched alkanes of at least 4 members (excludes halogenated alkanes) is 5. The summed E-state index contributed by atoms with van der Waals surface area (Å²) in [6, 6.07) is 0. The summed E-state index contributed by atoms with van der Waals surface area (Å²) >= 11 is 0. The molecular weight excluding hydrogens is 264 g/mol. The molecule has 6 heteroatoms. The van der Waals surface area contributed by atoms with E-state index in [1.54, 1.807) is 0 Å². The lowest BCUT2D eigenvalue weighted by Gasteiger charge is -2.24. The van der Waals surface area contributed by atoms with Crippen LogP contribution < -0.4 is 0 Å². The molecule has 0 rings (SSSR count). The maximum atomic E-state index is 11.6. The number of ketones is 1. The van der Waals surface area contributed by atoms with Crippen molar-refractivity contribution in [2.45, 2.75) is 76.3 Å². The Morgan fingerprint density at radius 3 is 2.00 bits per heavy atom. The third-order valence-corrected chi connectivity index (χ3v) is 3.36. The van der Waals surface area contributed by atoms with Crippen LogP contribution in [0.3, 0.4) is 0 Å². The third kappa shape index (κ3) is 7.31. The van der Waals surface area contributed by atoms with Crippen LogP contribution in [-0.4, -0.2) is 62.3 Å². The van der Waals surface area contributed by atoms with E-state index in [1.807, 2.05) is 0 Å². The molecule has 0 spiro atoms. The molecule has 0 unspecified atom stereocenters. The van der Waals surface area contributed by atoms with Crippen molar-refractivity contribution >= 4 is 5.78 Å². The van der Waals surface area contributed by atoms with Gasteiger partial charge in [0.1, 0.15) is 24.4 Å². The van der Waals surface area contributed by atoms with Gasteiger partial charge >= 0.3 is 0 Å². The first-order valence-electron chi connectivity index (χ1n) is 7.31. The molecule has 0 aromatic heterocycles. The highest BCUT2D eigenvalue weighted by Gasteiger charge is 2.33. The summed E-state index contributed by atoms with van der Waals surface area (Å²) < 4.78 is 0. The van der Waals surface area contributed by atoms with E-state index in [0.717, 1.165) is 25.7 Å². The van der Waals surface area contributed by atoms with Gasteiger partial charge in [-0.25, -0.2) is 0 Å². The quantitative estimate of drug-likeness (QED) is 0.316. The lowest BCUT2D eigenvalue weighted by molar-refractivity contribution is -0.147. The summed E-state index contributed by atoms with van der Waals surface area (Å²) in [6.07, 6.45) is -0.733. The fraction of sp³-hybridized carbons (Fsp3) is 0.929. The van der Waals surface area contributed by atoms with Crippen molar-refractivity contribution in [1.29, 1.82) is 0 Å². The Labute approximate surface area is 120 Å². The van der Waals surface area contributed by atoms with E-state index in [1.165, 1.54) is 6.42 Å². The van der Waals surface area contributed by atoms with Gasteiger partial charge in [-0.2, -0.15) is 0 Å². The van der Waals surface area contributed by atoms with Gasteiger partial charge < -0.3 is 25.5 Å². The number of carbonyl (C=O) groups excluding carboxylic acids is 1. The molecule has 0 amide bonds. The molecule has 0 aliphatic rings. The van der Waals surface area contributed by atoms with Crippen LogP contribution in [0.2, 0.25) is 0 Å². The van der Waals surface area contributed by atoms with E-state index >= 15 is 0 Å². The fourth-order valence-corrected chi connectivity index (χ4v) is 1.94. The lowest BCUT2D eigenvalue weighted by atomic mass is 9.97. The van der Waals surface area contributed by atoms with E-state index in [9.17, 15) is 20.1 Å². The summed E-state index contributed by atoms with van der Waals surface area (Å²) in [6.45, 7) is 1.37. The highest BCUT2D eigenvalue weighted by molar-refractivity contribution is 5.83. The molecule has 6 nitrogen and oxygen atoms in total. The van der Waals surface area contributed by atoms with Gasteiger partial charge in [-0.15, -0.1) is 0 Å². The summed E-state index contributed by atoms with van der Waals surface area (Å²) in [5.41, 5.74) is 0. The van der Waals surface area contributed by atoms with Gasteiger partial charge in [0.05, 0.1) is 6.61 Å². The minimum absolute atomic E-state index is 0.131. The predicted molar refractivity (Wildman–Crippen MR) is 74.1 cm³/mol. The second-order valence-electron chi connectivity index (χ2n) is 5.16. The molecule has 4 atom stereocenters. The van der Waals surface area contributed by atoms with Crippen LogP contribution in [0.1, 0.15) is 51.9 Å². The number of Topliss-reactive ketones (excluding diaryl/α,β-unsaturated/α-hetero) is 1. The first-order valence-corrected chi connectivity index (χ1v) is 7.31. The number of hydrogen-bond acceptors (Lipinski definition) is 6. The van der Waals surface area contributed by atoms with Crippen molar-refractivity contribution in [3.05, 3.63) is 0 Å². The highest BCUT2D eigenvalue weighted by Crippen LogP contribution is 2.11. The van der Waals surface area contributed by atoms with Crippen LogP contribution in [0, 0.1) is 0 Å². The molecule has 120 valence electrons. The van der Waals surface area contributed by atoms with Gasteiger partial charge in [-0.1, -0.05) is 39.0 Å². The monoisotopic (exact) mass is 292 g/mol. The Balaban J connectivity index is 3.96. The molecule has 0 aliphatic heterocycles. The van der Waals surface area contributed by atoms with Crippen LogP contribution >= 0.6 is 0 Å². The zero-order chi connectivity index (χ0) is 15.5. The molecule has 0 aliphatic carbocycles. The van der Waals surface area contributed by atoms with Crippen molar-refractivity contribution in [3.8, 4) is 0 Å². The van der Waals surface area contributed by atoms with Crippen LogP contribution in [0.4, 0.5) is 0 Å².